The number of hydrogen-bond donors (Lipinski definition) is 2. The van der Waals surface area contributed by atoms with E-state index in [0.717, 1.165) is 12.1 Å². The van der Waals surface area contributed by atoms with Gasteiger partial charge in [-0.2, -0.15) is 26.3 Å². The molecule has 0 amide bonds. The highest BCUT2D eigenvalue weighted by Gasteiger charge is 2.49. The lowest BCUT2D eigenvalue weighted by Crippen LogP contribution is -2.46. The first-order chi connectivity index (χ1) is 17.5. The number of halogens is 10. The molecule has 0 bridgehead atoms. The molecule has 218 valence electrons. The molecule has 2 aromatic carbocycles. The van der Waals surface area contributed by atoms with Crippen molar-refractivity contribution in [2.75, 3.05) is 18.0 Å². The van der Waals surface area contributed by atoms with Crippen molar-refractivity contribution in [3.63, 3.8) is 0 Å². The Morgan fingerprint density at radius 2 is 1.31 bits per heavy atom. The van der Waals surface area contributed by atoms with Gasteiger partial charge in [-0.05, 0) is 24.3 Å². The molecule has 0 heterocycles. The van der Waals surface area contributed by atoms with Crippen molar-refractivity contribution in [3.05, 3.63) is 48.0 Å². The summed E-state index contributed by atoms with van der Waals surface area (Å²) in [7, 11) is -5.06. The number of ether oxygens (including phenoxy) is 1. The lowest BCUT2D eigenvalue weighted by Gasteiger charge is -2.34. The molecule has 18 heteroatoms. The van der Waals surface area contributed by atoms with Crippen molar-refractivity contribution in [1.82, 2.24) is 0 Å². The fourth-order valence-electron chi connectivity index (χ4n) is 3.35. The summed E-state index contributed by atoms with van der Waals surface area (Å²) in [6, 6.07) is 6.89. The molecular formula is C21H18F10N2O5S. The molecule has 3 N–H and O–H groups in total. The molecule has 2 rings (SSSR count). The van der Waals surface area contributed by atoms with Gasteiger partial charge in [0.2, 0.25) is 10.0 Å². The lowest BCUT2D eigenvalue weighted by molar-refractivity contribution is -0.188. The van der Waals surface area contributed by atoms with Crippen molar-refractivity contribution in [1.29, 1.82) is 0 Å². The molecule has 7 nitrogen and oxygen atoms in total. The van der Waals surface area contributed by atoms with E-state index in [1.54, 1.807) is 0 Å². The zero-order valence-corrected chi connectivity index (χ0v) is 20.0. The van der Waals surface area contributed by atoms with E-state index in [4.69, 9.17) is 9.88 Å². The third kappa shape index (κ3) is 10.1. The van der Waals surface area contributed by atoms with Crippen LogP contribution in [0.25, 0.3) is 0 Å². The summed E-state index contributed by atoms with van der Waals surface area (Å²) in [5, 5.41) is 14.4. The van der Waals surface area contributed by atoms with Crippen LogP contribution in [0.15, 0.2) is 47.4 Å². The number of nitrogens with zero attached hydrogens (tertiary/aromatic N) is 1. The van der Waals surface area contributed by atoms with Crippen molar-refractivity contribution in [2.45, 2.75) is 41.9 Å². The maximum absolute atomic E-state index is 14.4. The van der Waals surface area contributed by atoms with E-state index in [9.17, 15) is 62.2 Å². The van der Waals surface area contributed by atoms with Crippen LogP contribution in [0.5, 0.6) is 11.5 Å². The second kappa shape index (κ2) is 11.1. The van der Waals surface area contributed by atoms with Crippen molar-refractivity contribution in [3.8, 4) is 11.5 Å². The monoisotopic (exact) mass is 600 g/mol. The zero-order chi connectivity index (χ0) is 30.0. The highest BCUT2D eigenvalue weighted by atomic mass is 32.2. The molecule has 0 saturated heterocycles. The number of sulfonamides is 1. The smallest absolute Gasteiger partial charge is 0.394 e. The highest BCUT2D eigenvalue weighted by Crippen LogP contribution is 2.43. The normalized spacial score (nSPS) is 13.3. The number of carboxylic acid groups (broad SMARTS) is 1. The Morgan fingerprint density at radius 1 is 0.846 bits per heavy atom. The summed E-state index contributed by atoms with van der Waals surface area (Å²) in [6.07, 6.45) is -16.9. The van der Waals surface area contributed by atoms with Crippen LogP contribution < -0.4 is 14.8 Å². The Kier molecular flexibility index (Phi) is 9.06. The van der Waals surface area contributed by atoms with Gasteiger partial charge in [0.25, 0.3) is 11.8 Å². The van der Waals surface area contributed by atoms with Crippen LogP contribution in [0.4, 0.5) is 49.6 Å². The van der Waals surface area contributed by atoms with E-state index < -0.39 is 92.9 Å². The van der Waals surface area contributed by atoms with Crippen molar-refractivity contribution in [2.24, 2.45) is 5.14 Å². The summed E-state index contributed by atoms with van der Waals surface area (Å²) in [5.74, 6) is -13.3. The number of aromatic carboxylic acids is 1. The minimum Gasteiger partial charge on any atom is -0.478 e. The van der Waals surface area contributed by atoms with Gasteiger partial charge in [-0.25, -0.2) is 35.9 Å². The van der Waals surface area contributed by atoms with Gasteiger partial charge in [0, 0.05) is 0 Å². The minimum absolute atomic E-state index is 0.280. The summed E-state index contributed by atoms with van der Waals surface area (Å²) >= 11 is 0. The molecule has 0 atom stereocenters. The van der Waals surface area contributed by atoms with Crippen LogP contribution >= 0.6 is 0 Å². The highest BCUT2D eigenvalue weighted by molar-refractivity contribution is 7.89. The van der Waals surface area contributed by atoms with Crippen molar-refractivity contribution >= 4 is 21.7 Å². The van der Waals surface area contributed by atoms with E-state index >= 15 is 0 Å². The van der Waals surface area contributed by atoms with Gasteiger partial charge in [-0.15, -0.1) is 0 Å². The Balaban J connectivity index is 2.86. The predicted octanol–water partition coefficient (Wildman–Crippen LogP) is 5.81. The molecular weight excluding hydrogens is 582 g/mol. The molecule has 0 saturated carbocycles. The molecule has 2 aromatic rings. The number of para-hydroxylation sites is 1. The molecule has 39 heavy (non-hydrogen) atoms. The molecule has 0 radical (unpaired) electrons. The van der Waals surface area contributed by atoms with Gasteiger partial charge >= 0.3 is 18.3 Å². The second-order valence-electron chi connectivity index (χ2n) is 8.24. The van der Waals surface area contributed by atoms with E-state index in [2.05, 4.69) is 0 Å². The van der Waals surface area contributed by atoms with Gasteiger partial charge < -0.3 is 14.7 Å². The second-order valence-corrected chi connectivity index (χ2v) is 9.77. The fourth-order valence-corrected chi connectivity index (χ4v) is 4.05. The molecule has 0 aliphatic rings. The predicted molar refractivity (Wildman–Crippen MR) is 115 cm³/mol. The van der Waals surface area contributed by atoms with Crippen LogP contribution in [0.3, 0.4) is 0 Å². The van der Waals surface area contributed by atoms with Gasteiger partial charge in [-0.1, -0.05) is 18.2 Å². The van der Waals surface area contributed by atoms with E-state index in [1.165, 1.54) is 18.2 Å². The van der Waals surface area contributed by atoms with Gasteiger partial charge in [0.05, 0.1) is 24.3 Å². The summed E-state index contributed by atoms with van der Waals surface area (Å²) in [6.45, 7) is -4.70. The van der Waals surface area contributed by atoms with E-state index in [-0.39, 0.29) is 11.8 Å². The minimum atomic E-state index is -5.57. The van der Waals surface area contributed by atoms with Gasteiger partial charge in [0.15, 0.2) is 5.75 Å². The number of carboxylic acids is 1. The molecule has 0 aromatic heterocycles. The number of alkyl halides is 10. The molecule has 0 unspecified atom stereocenters. The number of benzene rings is 2. The lowest BCUT2D eigenvalue weighted by atomic mass is 10.1. The average molecular weight is 600 g/mol. The number of hydrogen-bond acceptors (Lipinski definition) is 5. The van der Waals surface area contributed by atoms with E-state index in [0.29, 0.717) is 6.07 Å². The number of primary sulfonamides is 1. The van der Waals surface area contributed by atoms with Gasteiger partial charge in [-0.3, -0.25) is 0 Å². The summed E-state index contributed by atoms with van der Waals surface area (Å²) < 4.78 is 164. The van der Waals surface area contributed by atoms with Crippen LogP contribution in [-0.2, 0) is 10.0 Å². The Bertz CT molecular complexity index is 1250. The SMILES string of the molecule is NS(=O)(=O)c1cc(C(=O)O)cc(N(CC(F)(F)CC(F)(F)F)CC(F)(F)CC(F)(F)F)c1Oc1ccccc1. The zero-order valence-electron chi connectivity index (χ0n) is 19.2. The average Bonchev–Trinajstić information content (AvgIpc) is 2.69. The standard InChI is InChI=1S/C21H18F10N2O5S/c22-18(23,8-20(26,27)28)10-33(11-19(24,25)9-21(29,30)31)14-6-12(17(34)35)7-15(39(32,36)37)16(14)38-13-4-2-1-3-5-13/h1-7H,8-11H2,(H,34,35)(H2,32,36,37). The number of rotatable bonds is 11. The third-order valence-electron chi connectivity index (χ3n) is 4.66. The summed E-state index contributed by atoms with van der Waals surface area (Å²) in [4.78, 5) is 9.89. The maximum Gasteiger partial charge on any atom is 0.394 e. The topological polar surface area (TPSA) is 110 Å². The first-order valence-electron chi connectivity index (χ1n) is 10.3. The Hall–Kier alpha value is -3.28. The molecule has 0 fully saturated rings. The van der Waals surface area contributed by atoms with E-state index in [1.807, 2.05) is 0 Å². The number of anilines is 1. The Morgan fingerprint density at radius 3 is 1.69 bits per heavy atom. The van der Waals surface area contributed by atoms with Crippen LogP contribution in [0, 0.1) is 0 Å². The van der Waals surface area contributed by atoms with Crippen LogP contribution in [0.1, 0.15) is 23.2 Å². The maximum atomic E-state index is 14.4. The largest absolute Gasteiger partial charge is 0.478 e. The molecule has 0 aliphatic heterocycles. The van der Waals surface area contributed by atoms with Gasteiger partial charge in [0.1, 0.15) is 23.5 Å². The fraction of sp³-hybridized carbons (Fsp3) is 0.381. The van der Waals surface area contributed by atoms with Crippen LogP contribution in [0.2, 0.25) is 0 Å². The molecule has 0 aliphatic carbocycles. The number of carbonyl (C=O) groups is 1. The Labute approximate surface area is 213 Å². The third-order valence-corrected chi connectivity index (χ3v) is 5.57. The quantitative estimate of drug-likeness (QED) is 0.316. The molecule has 0 spiro atoms. The van der Waals surface area contributed by atoms with Crippen molar-refractivity contribution < 1.29 is 67.0 Å². The number of nitrogens with two attached hydrogens (primary N) is 1. The summed E-state index contributed by atoms with van der Waals surface area (Å²) in [5.41, 5.74) is -2.40. The first kappa shape index (κ1) is 31.9. The first-order valence-corrected chi connectivity index (χ1v) is 11.8. The van der Waals surface area contributed by atoms with Crippen LogP contribution in [-0.4, -0.2) is 56.8 Å².